The molecule has 0 unspecified atom stereocenters. The SMILES string of the molecule is COc1cc(-c2nccc(-c3cccc(-c4ccc(CNCC5(O)CC5)c(OC)n4)c3Cl)c2Cl)ccc1CNCC1(O)CC1. The molecule has 2 aliphatic carbocycles. The summed E-state index contributed by atoms with van der Waals surface area (Å²) < 4.78 is 11.3. The van der Waals surface area contributed by atoms with Crippen molar-refractivity contribution >= 4 is 23.2 Å². The van der Waals surface area contributed by atoms with Crippen molar-refractivity contribution in [3.63, 3.8) is 0 Å². The average molecular weight is 636 g/mol. The molecular weight excluding hydrogens is 599 g/mol. The zero-order valence-corrected chi connectivity index (χ0v) is 26.3. The Labute approximate surface area is 267 Å². The predicted molar refractivity (Wildman–Crippen MR) is 173 cm³/mol. The number of ether oxygens (including phenoxy) is 2. The van der Waals surface area contributed by atoms with Crippen LogP contribution in [-0.2, 0) is 13.1 Å². The second-order valence-corrected chi connectivity index (χ2v) is 12.5. The Bertz CT molecular complexity index is 1550. The molecule has 0 atom stereocenters. The van der Waals surface area contributed by atoms with Gasteiger partial charge in [-0.2, -0.15) is 0 Å². The molecule has 0 aliphatic heterocycles. The van der Waals surface area contributed by atoms with Crippen molar-refractivity contribution in [1.82, 2.24) is 20.6 Å². The van der Waals surface area contributed by atoms with Gasteiger partial charge in [-0.15, -0.1) is 0 Å². The second kappa shape index (κ2) is 12.6. The molecule has 0 spiro atoms. The monoisotopic (exact) mass is 634 g/mol. The third kappa shape index (κ3) is 6.71. The molecule has 2 heterocycles. The average Bonchev–Trinajstić information content (AvgIpc) is 3.96. The number of aromatic nitrogens is 2. The van der Waals surface area contributed by atoms with Crippen LogP contribution in [0.2, 0.25) is 10.0 Å². The lowest BCUT2D eigenvalue weighted by molar-refractivity contribution is 0.147. The molecule has 2 aromatic heterocycles. The Morgan fingerprint density at radius 2 is 1.41 bits per heavy atom. The number of nitrogens with one attached hydrogen (secondary N) is 2. The van der Waals surface area contributed by atoms with Crippen molar-refractivity contribution in [2.24, 2.45) is 0 Å². The summed E-state index contributed by atoms with van der Waals surface area (Å²) in [6, 6.07) is 17.4. The number of halogens is 2. The number of benzene rings is 2. The van der Waals surface area contributed by atoms with Crippen LogP contribution in [0.15, 0.2) is 60.8 Å². The van der Waals surface area contributed by atoms with E-state index in [4.69, 9.17) is 37.7 Å². The van der Waals surface area contributed by atoms with Crippen LogP contribution in [0.4, 0.5) is 0 Å². The maximum atomic E-state index is 10.1. The molecule has 44 heavy (non-hydrogen) atoms. The van der Waals surface area contributed by atoms with Gasteiger partial charge in [0.1, 0.15) is 5.75 Å². The molecule has 10 heteroatoms. The Morgan fingerprint density at radius 3 is 2.07 bits per heavy atom. The van der Waals surface area contributed by atoms with Gasteiger partial charge in [0, 0.05) is 65.8 Å². The van der Waals surface area contributed by atoms with E-state index in [1.807, 2.05) is 54.6 Å². The van der Waals surface area contributed by atoms with Gasteiger partial charge in [0.25, 0.3) is 0 Å². The topological polar surface area (TPSA) is 109 Å². The normalized spacial score (nSPS) is 16.0. The number of hydrogen-bond donors (Lipinski definition) is 4. The zero-order valence-electron chi connectivity index (χ0n) is 24.8. The van der Waals surface area contributed by atoms with E-state index in [9.17, 15) is 10.2 Å². The van der Waals surface area contributed by atoms with E-state index in [1.54, 1.807) is 20.4 Å². The Morgan fingerprint density at radius 1 is 0.773 bits per heavy atom. The van der Waals surface area contributed by atoms with Crippen LogP contribution >= 0.6 is 23.2 Å². The minimum atomic E-state index is -0.574. The Hall–Kier alpha value is -3.24. The van der Waals surface area contributed by atoms with Crippen molar-refractivity contribution in [2.45, 2.75) is 50.0 Å². The number of rotatable bonds is 13. The molecule has 230 valence electrons. The van der Waals surface area contributed by atoms with Gasteiger partial charge in [-0.25, -0.2) is 4.98 Å². The van der Waals surface area contributed by atoms with Gasteiger partial charge in [0.05, 0.1) is 46.9 Å². The second-order valence-electron chi connectivity index (χ2n) is 11.7. The van der Waals surface area contributed by atoms with Crippen LogP contribution < -0.4 is 20.1 Å². The Balaban J connectivity index is 1.25. The van der Waals surface area contributed by atoms with Gasteiger partial charge in [0.2, 0.25) is 5.88 Å². The first-order chi connectivity index (χ1) is 21.2. The third-order valence-corrected chi connectivity index (χ3v) is 9.13. The molecule has 0 amide bonds. The Kier molecular flexibility index (Phi) is 8.84. The van der Waals surface area contributed by atoms with Crippen LogP contribution in [0.3, 0.4) is 0 Å². The van der Waals surface area contributed by atoms with E-state index in [-0.39, 0.29) is 0 Å². The molecule has 2 saturated carbocycles. The highest BCUT2D eigenvalue weighted by molar-refractivity contribution is 6.39. The largest absolute Gasteiger partial charge is 0.496 e. The van der Waals surface area contributed by atoms with E-state index >= 15 is 0 Å². The highest BCUT2D eigenvalue weighted by Crippen LogP contribution is 2.42. The molecule has 0 bridgehead atoms. The van der Waals surface area contributed by atoms with E-state index in [2.05, 4.69) is 15.6 Å². The molecule has 0 saturated heterocycles. The van der Waals surface area contributed by atoms with Crippen LogP contribution in [0, 0.1) is 0 Å². The minimum absolute atomic E-state index is 0.472. The number of pyridine rings is 2. The highest BCUT2D eigenvalue weighted by Gasteiger charge is 2.40. The van der Waals surface area contributed by atoms with E-state index in [1.165, 1.54) is 0 Å². The van der Waals surface area contributed by atoms with E-state index < -0.39 is 11.2 Å². The van der Waals surface area contributed by atoms with Gasteiger partial charge < -0.3 is 30.3 Å². The quantitative estimate of drug-likeness (QED) is 0.141. The number of aliphatic hydroxyl groups is 2. The van der Waals surface area contributed by atoms with E-state index in [0.29, 0.717) is 59.2 Å². The summed E-state index contributed by atoms with van der Waals surface area (Å²) in [5.41, 5.74) is 5.09. The van der Waals surface area contributed by atoms with Crippen molar-refractivity contribution in [3.05, 3.63) is 82.0 Å². The number of methoxy groups -OCH3 is 2. The fourth-order valence-electron chi connectivity index (χ4n) is 5.26. The zero-order chi connectivity index (χ0) is 30.9. The van der Waals surface area contributed by atoms with Crippen molar-refractivity contribution in [1.29, 1.82) is 0 Å². The smallest absolute Gasteiger partial charge is 0.218 e. The first kappa shape index (κ1) is 30.8. The molecule has 6 rings (SSSR count). The lowest BCUT2D eigenvalue weighted by Gasteiger charge is -2.16. The number of hydrogen-bond acceptors (Lipinski definition) is 8. The lowest BCUT2D eigenvalue weighted by Crippen LogP contribution is -2.27. The summed E-state index contributed by atoms with van der Waals surface area (Å²) in [5, 5.41) is 27.8. The summed E-state index contributed by atoms with van der Waals surface area (Å²) in [7, 11) is 3.23. The van der Waals surface area contributed by atoms with Crippen LogP contribution in [0.25, 0.3) is 33.6 Å². The first-order valence-electron chi connectivity index (χ1n) is 14.7. The van der Waals surface area contributed by atoms with Crippen LogP contribution in [0.5, 0.6) is 11.6 Å². The molecule has 2 fully saturated rings. The fourth-order valence-corrected chi connectivity index (χ4v) is 5.91. The summed E-state index contributed by atoms with van der Waals surface area (Å²) in [5.74, 6) is 1.21. The molecule has 4 aromatic rings. The lowest BCUT2D eigenvalue weighted by atomic mass is 9.99. The van der Waals surface area contributed by atoms with Gasteiger partial charge in [-0.3, -0.25) is 4.98 Å². The number of nitrogens with zero attached hydrogens (tertiary/aromatic N) is 2. The van der Waals surface area contributed by atoms with Gasteiger partial charge >= 0.3 is 0 Å². The predicted octanol–water partition coefficient (Wildman–Crippen LogP) is 6.03. The van der Waals surface area contributed by atoms with Gasteiger partial charge in [-0.1, -0.05) is 59.6 Å². The maximum absolute atomic E-state index is 10.1. The molecular formula is C34H36Cl2N4O4. The summed E-state index contributed by atoms with van der Waals surface area (Å²) >= 11 is 14.0. The molecule has 4 N–H and O–H groups in total. The highest BCUT2D eigenvalue weighted by atomic mass is 35.5. The maximum Gasteiger partial charge on any atom is 0.218 e. The minimum Gasteiger partial charge on any atom is -0.496 e. The van der Waals surface area contributed by atoms with Crippen LogP contribution in [0.1, 0.15) is 36.8 Å². The molecule has 0 radical (unpaired) electrons. The van der Waals surface area contributed by atoms with Crippen LogP contribution in [-0.4, -0.2) is 58.7 Å². The summed E-state index contributed by atoms with van der Waals surface area (Å²) in [6.45, 7) is 2.21. The van der Waals surface area contributed by atoms with Crippen molar-refractivity contribution < 1.29 is 19.7 Å². The van der Waals surface area contributed by atoms with Crippen molar-refractivity contribution in [3.8, 4) is 45.3 Å². The van der Waals surface area contributed by atoms with Gasteiger partial charge in [-0.05, 0) is 43.9 Å². The van der Waals surface area contributed by atoms with E-state index in [0.717, 1.165) is 59.1 Å². The fraction of sp³-hybridized carbons (Fsp3) is 0.353. The summed E-state index contributed by atoms with van der Waals surface area (Å²) in [6.07, 6.45) is 5.06. The third-order valence-electron chi connectivity index (χ3n) is 8.34. The molecule has 2 aromatic carbocycles. The standard InChI is InChI=1S/C34H36Cl2N4O4/c1-43-28-16-21(6-7-22(28)17-37-19-33(41)11-12-33)31-30(36)25(10-15-39-31)24-4-3-5-26(29(24)35)27-9-8-23(32(40-27)44-2)18-38-20-34(42)13-14-34/h3-10,15-16,37-38,41-42H,11-14,17-20H2,1-2H3. The first-order valence-corrected chi connectivity index (χ1v) is 15.5. The summed E-state index contributed by atoms with van der Waals surface area (Å²) in [4.78, 5) is 9.35. The molecule has 2 aliphatic rings. The van der Waals surface area contributed by atoms with Gasteiger partial charge in [0.15, 0.2) is 0 Å². The molecule has 8 nitrogen and oxygen atoms in total. The van der Waals surface area contributed by atoms with Crippen molar-refractivity contribution in [2.75, 3.05) is 27.3 Å².